The predicted octanol–water partition coefficient (Wildman–Crippen LogP) is 2.61. The van der Waals surface area contributed by atoms with Crippen LogP contribution in [0.4, 0.5) is 0 Å². The highest BCUT2D eigenvalue weighted by molar-refractivity contribution is 6.28. The van der Waals surface area contributed by atoms with Gasteiger partial charge in [-0.1, -0.05) is 41.9 Å². The number of halogens is 1. The van der Waals surface area contributed by atoms with E-state index in [1.165, 1.54) is 0 Å². The topological polar surface area (TPSA) is 26.0 Å². The lowest BCUT2D eigenvalue weighted by atomic mass is 10.0. The summed E-state index contributed by atoms with van der Waals surface area (Å²) in [7, 11) is 0. The molecule has 0 amide bonds. The van der Waals surface area contributed by atoms with Crippen LogP contribution in [0, 0.1) is 0 Å². The van der Waals surface area contributed by atoms with Crippen LogP contribution in [0.25, 0.3) is 5.57 Å². The van der Waals surface area contributed by atoms with E-state index in [9.17, 15) is 0 Å². The van der Waals surface area contributed by atoms with E-state index in [0.29, 0.717) is 0 Å². The van der Waals surface area contributed by atoms with E-state index in [1.807, 2.05) is 37.3 Å². The Hall–Kier alpha value is -0.790. The number of benzene rings is 1. The first-order valence-electron chi connectivity index (χ1n) is 3.87. The van der Waals surface area contributed by atoms with Gasteiger partial charge in [-0.15, -0.1) is 0 Å². The standard InChI is InChI=1S/C10H12ClN/c1-8(12)10(7-11)9-5-3-2-4-6-9/h2-8H,12H2,1H3/b10-7-. The maximum atomic E-state index is 5.73. The van der Waals surface area contributed by atoms with Crippen LogP contribution in [0.2, 0.25) is 0 Å². The Kier molecular flexibility index (Phi) is 3.32. The summed E-state index contributed by atoms with van der Waals surface area (Å²) in [5, 5.41) is 0. The molecule has 0 bridgehead atoms. The maximum absolute atomic E-state index is 5.73. The largest absolute Gasteiger partial charge is 0.324 e. The first-order chi connectivity index (χ1) is 5.75. The monoisotopic (exact) mass is 181 g/mol. The van der Waals surface area contributed by atoms with Crippen LogP contribution in [0.1, 0.15) is 12.5 Å². The lowest BCUT2D eigenvalue weighted by molar-refractivity contribution is 0.948. The Morgan fingerprint density at radius 1 is 1.42 bits per heavy atom. The summed E-state index contributed by atoms with van der Waals surface area (Å²) in [5.74, 6) is 0. The fraction of sp³-hybridized carbons (Fsp3) is 0.200. The van der Waals surface area contributed by atoms with Gasteiger partial charge in [0, 0.05) is 11.6 Å². The quantitative estimate of drug-likeness (QED) is 0.746. The predicted molar refractivity (Wildman–Crippen MR) is 53.9 cm³/mol. The molecule has 0 aliphatic carbocycles. The van der Waals surface area contributed by atoms with Gasteiger partial charge in [-0.3, -0.25) is 0 Å². The SMILES string of the molecule is CC(N)/C(=C/Cl)c1ccccc1. The van der Waals surface area contributed by atoms with Crippen molar-refractivity contribution < 1.29 is 0 Å². The smallest absolute Gasteiger partial charge is 0.0280 e. The van der Waals surface area contributed by atoms with Gasteiger partial charge in [0.1, 0.15) is 0 Å². The minimum absolute atomic E-state index is 0.0232. The Bertz CT molecular complexity index is 264. The molecule has 1 aromatic rings. The molecule has 12 heavy (non-hydrogen) atoms. The van der Waals surface area contributed by atoms with Gasteiger partial charge in [-0.2, -0.15) is 0 Å². The lowest BCUT2D eigenvalue weighted by Gasteiger charge is -2.09. The first kappa shape index (κ1) is 9.30. The zero-order valence-electron chi connectivity index (χ0n) is 7.00. The van der Waals surface area contributed by atoms with E-state index >= 15 is 0 Å². The summed E-state index contributed by atoms with van der Waals surface area (Å²) in [5.41, 5.74) is 9.32. The average molecular weight is 182 g/mol. The Balaban J connectivity index is 2.97. The van der Waals surface area contributed by atoms with Gasteiger partial charge in [0.2, 0.25) is 0 Å². The van der Waals surface area contributed by atoms with Gasteiger partial charge in [0.25, 0.3) is 0 Å². The zero-order valence-corrected chi connectivity index (χ0v) is 7.75. The second-order valence-corrected chi connectivity index (χ2v) is 2.94. The summed E-state index contributed by atoms with van der Waals surface area (Å²) < 4.78 is 0. The van der Waals surface area contributed by atoms with Crippen molar-refractivity contribution in [3.8, 4) is 0 Å². The third-order valence-electron chi connectivity index (χ3n) is 1.72. The molecule has 0 aliphatic heterocycles. The minimum atomic E-state index is -0.0232. The molecule has 0 radical (unpaired) electrons. The van der Waals surface area contributed by atoms with Crippen molar-refractivity contribution in [2.45, 2.75) is 13.0 Å². The van der Waals surface area contributed by atoms with Crippen LogP contribution < -0.4 is 5.73 Å². The minimum Gasteiger partial charge on any atom is -0.324 e. The molecule has 1 atom stereocenters. The summed E-state index contributed by atoms with van der Waals surface area (Å²) in [4.78, 5) is 0. The molecule has 0 saturated carbocycles. The van der Waals surface area contributed by atoms with Crippen molar-refractivity contribution in [2.24, 2.45) is 5.73 Å². The Morgan fingerprint density at radius 3 is 2.42 bits per heavy atom. The fourth-order valence-corrected chi connectivity index (χ4v) is 1.38. The molecule has 0 fully saturated rings. The van der Waals surface area contributed by atoms with Crippen LogP contribution >= 0.6 is 11.6 Å². The van der Waals surface area contributed by atoms with Gasteiger partial charge in [0.05, 0.1) is 0 Å². The Morgan fingerprint density at radius 2 is 2.00 bits per heavy atom. The molecule has 1 nitrogen and oxygen atoms in total. The molecular formula is C10H12ClN. The number of rotatable bonds is 2. The number of nitrogens with two attached hydrogens (primary N) is 1. The molecule has 0 spiro atoms. The van der Waals surface area contributed by atoms with Crippen molar-refractivity contribution in [1.29, 1.82) is 0 Å². The van der Waals surface area contributed by atoms with Crippen molar-refractivity contribution in [3.05, 3.63) is 41.4 Å². The van der Waals surface area contributed by atoms with E-state index < -0.39 is 0 Å². The van der Waals surface area contributed by atoms with Crippen molar-refractivity contribution in [1.82, 2.24) is 0 Å². The molecule has 2 heteroatoms. The molecule has 0 aromatic heterocycles. The van der Waals surface area contributed by atoms with E-state index in [-0.39, 0.29) is 6.04 Å². The van der Waals surface area contributed by atoms with E-state index in [2.05, 4.69) is 0 Å². The van der Waals surface area contributed by atoms with Gasteiger partial charge < -0.3 is 5.73 Å². The maximum Gasteiger partial charge on any atom is 0.0280 e. The molecule has 0 heterocycles. The van der Waals surface area contributed by atoms with E-state index in [4.69, 9.17) is 17.3 Å². The van der Waals surface area contributed by atoms with Crippen LogP contribution in [0.15, 0.2) is 35.9 Å². The normalized spacial score (nSPS) is 14.4. The van der Waals surface area contributed by atoms with E-state index in [1.54, 1.807) is 5.54 Å². The second-order valence-electron chi connectivity index (χ2n) is 2.72. The third-order valence-corrected chi connectivity index (χ3v) is 1.95. The van der Waals surface area contributed by atoms with Crippen LogP contribution in [-0.4, -0.2) is 6.04 Å². The summed E-state index contributed by atoms with van der Waals surface area (Å²) in [6, 6.07) is 9.88. The van der Waals surface area contributed by atoms with Crippen molar-refractivity contribution in [3.63, 3.8) is 0 Å². The van der Waals surface area contributed by atoms with Gasteiger partial charge in [0.15, 0.2) is 0 Å². The van der Waals surface area contributed by atoms with Crippen molar-refractivity contribution in [2.75, 3.05) is 0 Å². The molecule has 64 valence electrons. The van der Waals surface area contributed by atoms with Gasteiger partial charge >= 0.3 is 0 Å². The van der Waals surface area contributed by atoms with Crippen molar-refractivity contribution >= 4 is 17.2 Å². The molecular weight excluding hydrogens is 170 g/mol. The van der Waals surface area contributed by atoms with Crippen LogP contribution in [0.5, 0.6) is 0 Å². The lowest BCUT2D eigenvalue weighted by Crippen LogP contribution is -2.16. The van der Waals surface area contributed by atoms with Gasteiger partial charge in [-0.25, -0.2) is 0 Å². The third kappa shape index (κ3) is 2.10. The highest BCUT2D eigenvalue weighted by atomic mass is 35.5. The molecule has 0 saturated heterocycles. The summed E-state index contributed by atoms with van der Waals surface area (Å²) in [6.45, 7) is 1.92. The molecule has 1 unspecified atom stereocenters. The molecule has 1 rings (SSSR count). The van der Waals surface area contributed by atoms with Crippen LogP contribution in [-0.2, 0) is 0 Å². The van der Waals surface area contributed by atoms with E-state index in [0.717, 1.165) is 11.1 Å². The number of hydrogen-bond donors (Lipinski definition) is 1. The average Bonchev–Trinajstić information content (AvgIpc) is 2.07. The second kappa shape index (κ2) is 4.29. The Labute approximate surface area is 77.8 Å². The summed E-state index contributed by atoms with van der Waals surface area (Å²) >= 11 is 5.66. The highest BCUT2D eigenvalue weighted by Gasteiger charge is 2.04. The zero-order chi connectivity index (χ0) is 8.97. The molecule has 2 N–H and O–H groups in total. The molecule has 1 aromatic carbocycles. The number of hydrogen-bond acceptors (Lipinski definition) is 1. The summed E-state index contributed by atoms with van der Waals surface area (Å²) in [6.07, 6.45) is 0. The molecule has 0 aliphatic rings. The fourth-order valence-electron chi connectivity index (χ4n) is 1.06. The van der Waals surface area contributed by atoms with Gasteiger partial charge in [-0.05, 0) is 18.1 Å². The highest BCUT2D eigenvalue weighted by Crippen LogP contribution is 2.17. The van der Waals surface area contributed by atoms with Crippen LogP contribution in [0.3, 0.4) is 0 Å². The first-order valence-corrected chi connectivity index (χ1v) is 4.30.